The number of aromatic carboxylic acids is 1. The van der Waals surface area contributed by atoms with E-state index in [0.717, 1.165) is 21.9 Å². The van der Waals surface area contributed by atoms with Crippen LogP contribution in [0.25, 0.3) is 10.8 Å². The largest absolute Gasteiger partial charge is 0.478 e. The Hall–Kier alpha value is -3.92. The van der Waals surface area contributed by atoms with E-state index in [1.807, 2.05) is 72.8 Å². The number of para-hydroxylation sites is 1. The molecule has 0 fully saturated rings. The summed E-state index contributed by atoms with van der Waals surface area (Å²) in [7, 11) is 0. The SMILES string of the molecule is O=C(Cc1cccc2ccccc12)Nc1ccccc1Cc1ccccc1C(=O)O. The molecule has 148 valence electrons. The van der Waals surface area contributed by atoms with Gasteiger partial charge in [0.1, 0.15) is 0 Å². The van der Waals surface area contributed by atoms with E-state index in [1.165, 1.54) is 0 Å². The third kappa shape index (κ3) is 4.23. The standard InChI is InChI=1S/C26H21NO3/c28-25(17-20-12-7-11-18-8-1-4-13-22(18)20)27-24-15-6-3-10-21(24)16-19-9-2-5-14-23(19)26(29)30/h1-15H,16-17H2,(H,27,28)(H,29,30). The van der Waals surface area contributed by atoms with Gasteiger partial charge in [-0.3, -0.25) is 4.79 Å². The molecule has 30 heavy (non-hydrogen) atoms. The summed E-state index contributed by atoms with van der Waals surface area (Å²) in [6.07, 6.45) is 0.689. The molecular weight excluding hydrogens is 374 g/mol. The van der Waals surface area contributed by atoms with Crippen LogP contribution in [-0.4, -0.2) is 17.0 Å². The lowest BCUT2D eigenvalue weighted by Crippen LogP contribution is -2.16. The predicted octanol–water partition coefficient (Wildman–Crippen LogP) is 5.31. The van der Waals surface area contributed by atoms with Crippen LogP contribution in [0.4, 0.5) is 5.69 Å². The fraction of sp³-hybridized carbons (Fsp3) is 0.0769. The molecule has 0 radical (unpaired) electrons. The normalized spacial score (nSPS) is 10.7. The number of carboxylic acids is 1. The Bertz CT molecular complexity index is 1220. The van der Waals surface area contributed by atoms with Gasteiger partial charge in [-0.1, -0.05) is 78.9 Å². The Balaban J connectivity index is 1.56. The summed E-state index contributed by atoms with van der Waals surface area (Å²) >= 11 is 0. The topological polar surface area (TPSA) is 66.4 Å². The van der Waals surface area contributed by atoms with Crippen LogP contribution in [0.2, 0.25) is 0 Å². The second kappa shape index (κ2) is 8.62. The van der Waals surface area contributed by atoms with E-state index in [2.05, 4.69) is 5.32 Å². The summed E-state index contributed by atoms with van der Waals surface area (Å²) in [6.45, 7) is 0. The number of hydrogen-bond acceptors (Lipinski definition) is 2. The van der Waals surface area contributed by atoms with Gasteiger partial charge < -0.3 is 10.4 Å². The highest BCUT2D eigenvalue weighted by Crippen LogP contribution is 2.23. The maximum absolute atomic E-state index is 12.8. The van der Waals surface area contributed by atoms with Crippen LogP contribution in [-0.2, 0) is 17.6 Å². The zero-order chi connectivity index (χ0) is 20.9. The molecule has 0 heterocycles. The van der Waals surface area contributed by atoms with Crippen LogP contribution in [0.1, 0.15) is 27.0 Å². The van der Waals surface area contributed by atoms with Gasteiger partial charge in [-0.2, -0.15) is 0 Å². The van der Waals surface area contributed by atoms with E-state index in [0.29, 0.717) is 17.7 Å². The predicted molar refractivity (Wildman–Crippen MR) is 119 cm³/mol. The molecule has 1 amide bonds. The number of rotatable bonds is 6. The van der Waals surface area contributed by atoms with Crippen molar-refractivity contribution in [1.29, 1.82) is 0 Å². The van der Waals surface area contributed by atoms with Gasteiger partial charge >= 0.3 is 5.97 Å². The molecule has 0 bridgehead atoms. The third-order valence-electron chi connectivity index (χ3n) is 5.15. The van der Waals surface area contributed by atoms with E-state index < -0.39 is 5.97 Å². The van der Waals surface area contributed by atoms with Crippen LogP contribution in [0, 0.1) is 0 Å². The smallest absolute Gasteiger partial charge is 0.335 e. The summed E-state index contributed by atoms with van der Waals surface area (Å²) in [5.41, 5.74) is 3.52. The van der Waals surface area contributed by atoms with Gasteiger partial charge in [0.05, 0.1) is 12.0 Å². The van der Waals surface area contributed by atoms with E-state index in [-0.39, 0.29) is 17.9 Å². The lowest BCUT2D eigenvalue weighted by atomic mass is 9.98. The number of amides is 1. The van der Waals surface area contributed by atoms with E-state index >= 15 is 0 Å². The molecule has 0 saturated carbocycles. The minimum absolute atomic E-state index is 0.106. The van der Waals surface area contributed by atoms with Gasteiger partial charge in [-0.25, -0.2) is 4.79 Å². The summed E-state index contributed by atoms with van der Waals surface area (Å²) < 4.78 is 0. The fourth-order valence-electron chi connectivity index (χ4n) is 3.70. The van der Waals surface area contributed by atoms with Crippen molar-refractivity contribution >= 4 is 28.3 Å². The number of anilines is 1. The Labute approximate surface area is 174 Å². The van der Waals surface area contributed by atoms with Gasteiger partial charge in [0, 0.05) is 12.1 Å². The number of fused-ring (bicyclic) bond motifs is 1. The van der Waals surface area contributed by atoms with Crippen LogP contribution >= 0.6 is 0 Å². The Morgan fingerprint density at radius 1 is 0.700 bits per heavy atom. The van der Waals surface area contributed by atoms with Gasteiger partial charge in [0.2, 0.25) is 5.91 Å². The summed E-state index contributed by atoms with van der Waals surface area (Å²) in [6, 6.07) is 28.4. The minimum atomic E-state index is -0.955. The first-order chi connectivity index (χ1) is 14.6. The molecule has 0 aliphatic heterocycles. The van der Waals surface area contributed by atoms with Crippen molar-refractivity contribution in [2.45, 2.75) is 12.8 Å². The van der Waals surface area contributed by atoms with Crippen LogP contribution < -0.4 is 5.32 Å². The lowest BCUT2D eigenvalue weighted by molar-refractivity contribution is -0.115. The molecule has 4 aromatic rings. The molecule has 0 aliphatic carbocycles. The van der Waals surface area contributed by atoms with Crippen LogP contribution in [0.3, 0.4) is 0 Å². The van der Waals surface area contributed by atoms with Gasteiger partial charge in [-0.15, -0.1) is 0 Å². The lowest BCUT2D eigenvalue weighted by Gasteiger charge is -2.13. The molecule has 0 atom stereocenters. The van der Waals surface area contributed by atoms with Crippen LogP contribution in [0.15, 0.2) is 91.0 Å². The van der Waals surface area contributed by atoms with Gasteiger partial charge in [-0.05, 0) is 39.6 Å². The van der Waals surface area contributed by atoms with Gasteiger partial charge in [0.25, 0.3) is 0 Å². The zero-order valence-electron chi connectivity index (χ0n) is 16.3. The molecule has 0 aromatic heterocycles. The Morgan fingerprint density at radius 2 is 1.33 bits per heavy atom. The molecule has 0 unspecified atom stereocenters. The maximum Gasteiger partial charge on any atom is 0.335 e. The molecular formula is C26H21NO3. The van der Waals surface area contributed by atoms with Crippen LogP contribution in [0.5, 0.6) is 0 Å². The minimum Gasteiger partial charge on any atom is -0.478 e. The first-order valence-electron chi connectivity index (χ1n) is 9.77. The fourth-order valence-corrected chi connectivity index (χ4v) is 3.70. The van der Waals surface area contributed by atoms with E-state index in [9.17, 15) is 14.7 Å². The van der Waals surface area contributed by atoms with Crippen molar-refractivity contribution in [2.75, 3.05) is 5.32 Å². The summed E-state index contributed by atoms with van der Waals surface area (Å²) in [5.74, 6) is -1.06. The van der Waals surface area contributed by atoms with Crippen molar-refractivity contribution in [3.63, 3.8) is 0 Å². The van der Waals surface area contributed by atoms with Crippen molar-refractivity contribution in [2.24, 2.45) is 0 Å². The number of carbonyl (C=O) groups is 2. The number of hydrogen-bond donors (Lipinski definition) is 2. The highest BCUT2D eigenvalue weighted by atomic mass is 16.4. The number of benzene rings is 4. The molecule has 4 nitrogen and oxygen atoms in total. The molecule has 2 N–H and O–H groups in total. The van der Waals surface area contributed by atoms with Crippen molar-refractivity contribution in [1.82, 2.24) is 0 Å². The van der Waals surface area contributed by atoms with E-state index in [1.54, 1.807) is 18.2 Å². The average Bonchev–Trinajstić information content (AvgIpc) is 2.75. The molecule has 4 heteroatoms. The first-order valence-corrected chi connectivity index (χ1v) is 9.77. The number of carboxylic acid groups (broad SMARTS) is 1. The maximum atomic E-state index is 12.8. The van der Waals surface area contributed by atoms with Gasteiger partial charge in [0.15, 0.2) is 0 Å². The molecule has 0 saturated heterocycles. The number of carbonyl (C=O) groups excluding carboxylic acids is 1. The average molecular weight is 395 g/mol. The van der Waals surface area contributed by atoms with Crippen molar-refractivity contribution < 1.29 is 14.7 Å². The second-order valence-electron chi connectivity index (χ2n) is 7.16. The van der Waals surface area contributed by atoms with E-state index in [4.69, 9.17) is 0 Å². The molecule has 0 spiro atoms. The van der Waals surface area contributed by atoms with Crippen molar-refractivity contribution in [3.05, 3.63) is 113 Å². The molecule has 0 aliphatic rings. The molecule has 4 rings (SSSR count). The summed E-state index contributed by atoms with van der Waals surface area (Å²) in [5, 5.41) is 14.6. The summed E-state index contributed by atoms with van der Waals surface area (Å²) in [4.78, 5) is 24.3. The monoisotopic (exact) mass is 395 g/mol. The number of nitrogens with one attached hydrogen (secondary N) is 1. The highest BCUT2D eigenvalue weighted by molar-refractivity contribution is 5.96. The van der Waals surface area contributed by atoms with Crippen molar-refractivity contribution in [3.8, 4) is 0 Å². The second-order valence-corrected chi connectivity index (χ2v) is 7.16. The quantitative estimate of drug-likeness (QED) is 0.465. The zero-order valence-corrected chi connectivity index (χ0v) is 16.3. The Morgan fingerprint density at radius 3 is 2.17 bits per heavy atom. The highest BCUT2D eigenvalue weighted by Gasteiger charge is 2.13. The Kier molecular flexibility index (Phi) is 5.57. The molecule has 4 aromatic carbocycles. The third-order valence-corrected chi connectivity index (χ3v) is 5.15. The first kappa shape index (κ1) is 19.4.